The predicted molar refractivity (Wildman–Crippen MR) is 111 cm³/mol. The first kappa shape index (κ1) is 21.6. The minimum absolute atomic E-state index is 0.0243. The molecule has 1 aliphatic rings. The molecule has 1 saturated heterocycles. The Kier molecular flexibility index (Phi) is 8.33. The molecule has 8 nitrogen and oxygen atoms in total. The third-order valence-corrected chi connectivity index (χ3v) is 5.62. The Hall–Kier alpha value is -2.10. The summed E-state index contributed by atoms with van der Waals surface area (Å²) >= 11 is 1.39. The van der Waals surface area contributed by atoms with Gasteiger partial charge in [-0.05, 0) is 43.5 Å². The highest BCUT2D eigenvalue weighted by atomic mass is 32.2. The van der Waals surface area contributed by atoms with Crippen LogP contribution in [0.5, 0.6) is 5.75 Å². The maximum Gasteiger partial charge on any atom is 0.230 e. The first-order chi connectivity index (χ1) is 14.2. The highest BCUT2D eigenvalue weighted by Gasteiger charge is 2.22. The normalized spacial score (nSPS) is 16.1. The van der Waals surface area contributed by atoms with Gasteiger partial charge in [0.05, 0.1) is 25.5 Å². The molecule has 1 aromatic heterocycles. The van der Waals surface area contributed by atoms with Gasteiger partial charge in [0.25, 0.3) is 0 Å². The average Bonchev–Trinajstić information content (AvgIpc) is 3.40. The number of benzene rings is 1. The van der Waals surface area contributed by atoms with Gasteiger partial charge in [0, 0.05) is 32.4 Å². The van der Waals surface area contributed by atoms with Crippen molar-refractivity contribution >= 4 is 17.7 Å². The van der Waals surface area contributed by atoms with E-state index >= 15 is 0 Å². The molecule has 0 spiro atoms. The van der Waals surface area contributed by atoms with Gasteiger partial charge in [-0.3, -0.25) is 9.36 Å². The second-order valence-corrected chi connectivity index (χ2v) is 7.71. The number of hydrogen-bond acceptors (Lipinski definition) is 7. The fraction of sp³-hybridized carbons (Fsp3) is 0.550. The summed E-state index contributed by atoms with van der Waals surface area (Å²) in [5.41, 5.74) is 0.951. The second kappa shape index (κ2) is 11.2. The molecule has 0 saturated carbocycles. The van der Waals surface area contributed by atoms with Gasteiger partial charge in [0.1, 0.15) is 5.75 Å². The molecule has 158 valence electrons. The summed E-state index contributed by atoms with van der Waals surface area (Å²) in [6, 6.07) is 7.74. The van der Waals surface area contributed by atoms with Crippen molar-refractivity contribution in [3.63, 3.8) is 0 Å². The molecular formula is C20H28N4O4S. The molecule has 0 bridgehead atoms. The molecule has 2 heterocycles. The van der Waals surface area contributed by atoms with Gasteiger partial charge in [-0.1, -0.05) is 11.8 Å². The van der Waals surface area contributed by atoms with Crippen molar-refractivity contribution in [2.24, 2.45) is 0 Å². The number of hydrogen-bond donors (Lipinski definition) is 1. The molecule has 1 aromatic carbocycles. The molecule has 29 heavy (non-hydrogen) atoms. The maximum atomic E-state index is 12.1. The lowest BCUT2D eigenvalue weighted by Crippen LogP contribution is -2.27. The van der Waals surface area contributed by atoms with Crippen molar-refractivity contribution in [2.75, 3.05) is 39.7 Å². The lowest BCUT2D eigenvalue weighted by Gasteiger charge is -2.15. The van der Waals surface area contributed by atoms with Crippen molar-refractivity contribution in [3.8, 4) is 17.1 Å². The molecule has 9 heteroatoms. The van der Waals surface area contributed by atoms with Crippen LogP contribution in [0, 0.1) is 0 Å². The van der Waals surface area contributed by atoms with Gasteiger partial charge in [0.15, 0.2) is 11.0 Å². The van der Waals surface area contributed by atoms with Gasteiger partial charge in [-0.25, -0.2) is 0 Å². The number of carbonyl (C=O) groups is 1. The zero-order valence-electron chi connectivity index (χ0n) is 16.9. The van der Waals surface area contributed by atoms with E-state index in [0.717, 1.165) is 48.2 Å². The minimum Gasteiger partial charge on any atom is -0.497 e. The van der Waals surface area contributed by atoms with Crippen molar-refractivity contribution in [1.82, 2.24) is 20.1 Å². The molecule has 1 N–H and O–H groups in total. The van der Waals surface area contributed by atoms with Crippen LogP contribution in [0.15, 0.2) is 29.4 Å². The van der Waals surface area contributed by atoms with E-state index in [1.165, 1.54) is 11.8 Å². The molecule has 1 unspecified atom stereocenters. The number of nitrogens with one attached hydrogen (secondary N) is 1. The summed E-state index contributed by atoms with van der Waals surface area (Å²) in [6.45, 7) is 2.70. The van der Waals surface area contributed by atoms with E-state index < -0.39 is 0 Å². The van der Waals surface area contributed by atoms with E-state index in [9.17, 15) is 4.79 Å². The standard InChI is InChI=1S/C20H28N4O4S/c1-26-11-4-10-21-18(25)14-29-20-23-22-19(15-6-8-16(27-2)9-7-15)24(20)13-17-5-3-12-28-17/h6-9,17H,3-5,10-14H2,1-2H3,(H,21,25). The molecular weight excluding hydrogens is 392 g/mol. The highest BCUT2D eigenvalue weighted by molar-refractivity contribution is 7.99. The Labute approximate surface area is 175 Å². The number of rotatable bonds is 11. The molecule has 1 amide bonds. The Morgan fingerprint density at radius 1 is 1.31 bits per heavy atom. The lowest BCUT2D eigenvalue weighted by molar-refractivity contribution is -0.118. The third kappa shape index (κ3) is 6.19. The zero-order valence-corrected chi connectivity index (χ0v) is 17.7. The predicted octanol–water partition coefficient (Wildman–Crippen LogP) is 2.38. The van der Waals surface area contributed by atoms with Crippen LogP contribution >= 0.6 is 11.8 Å². The van der Waals surface area contributed by atoms with Crippen LogP contribution in [0.3, 0.4) is 0 Å². The smallest absolute Gasteiger partial charge is 0.230 e. The summed E-state index contributed by atoms with van der Waals surface area (Å²) < 4.78 is 18.1. The third-order valence-electron chi connectivity index (χ3n) is 4.66. The summed E-state index contributed by atoms with van der Waals surface area (Å²) in [6.07, 6.45) is 3.02. The van der Waals surface area contributed by atoms with E-state index in [-0.39, 0.29) is 12.0 Å². The SMILES string of the molecule is COCCCNC(=O)CSc1nnc(-c2ccc(OC)cc2)n1CC1CCCO1. The monoisotopic (exact) mass is 420 g/mol. The number of ether oxygens (including phenoxy) is 3. The van der Waals surface area contributed by atoms with Crippen LogP contribution in [-0.2, 0) is 20.8 Å². The topological polar surface area (TPSA) is 87.5 Å². The fourth-order valence-electron chi connectivity index (χ4n) is 3.13. The van der Waals surface area contributed by atoms with Crippen LogP contribution in [-0.4, -0.2) is 66.5 Å². The molecule has 1 fully saturated rings. The number of carbonyl (C=O) groups excluding carboxylic acids is 1. The van der Waals surface area contributed by atoms with Crippen LogP contribution < -0.4 is 10.1 Å². The van der Waals surface area contributed by atoms with Crippen molar-refractivity contribution < 1.29 is 19.0 Å². The largest absolute Gasteiger partial charge is 0.497 e. The highest BCUT2D eigenvalue weighted by Crippen LogP contribution is 2.27. The van der Waals surface area contributed by atoms with Crippen molar-refractivity contribution in [1.29, 1.82) is 0 Å². The number of methoxy groups -OCH3 is 2. The average molecular weight is 421 g/mol. The quantitative estimate of drug-likeness (QED) is 0.441. The summed E-state index contributed by atoms with van der Waals surface area (Å²) in [5, 5.41) is 12.4. The van der Waals surface area contributed by atoms with Crippen LogP contribution in [0.2, 0.25) is 0 Å². The van der Waals surface area contributed by atoms with Gasteiger partial charge in [-0.15, -0.1) is 10.2 Å². The van der Waals surface area contributed by atoms with Gasteiger partial charge >= 0.3 is 0 Å². The summed E-state index contributed by atoms with van der Waals surface area (Å²) in [7, 11) is 3.29. The first-order valence-electron chi connectivity index (χ1n) is 9.79. The van der Waals surface area contributed by atoms with Gasteiger partial charge < -0.3 is 19.5 Å². The maximum absolute atomic E-state index is 12.1. The zero-order chi connectivity index (χ0) is 20.5. The minimum atomic E-state index is -0.0243. The Morgan fingerprint density at radius 2 is 2.14 bits per heavy atom. The molecule has 1 atom stereocenters. The molecule has 0 aliphatic carbocycles. The van der Waals surface area contributed by atoms with Crippen molar-refractivity contribution in [3.05, 3.63) is 24.3 Å². The molecule has 2 aromatic rings. The van der Waals surface area contributed by atoms with Crippen molar-refractivity contribution in [2.45, 2.75) is 37.1 Å². The van der Waals surface area contributed by atoms with E-state index in [2.05, 4.69) is 20.1 Å². The Morgan fingerprint density at radius 3 is 2.83 bits per heavy atom. The number of thioether (sulfide) groups is 1. The van der Waals surface area contributed by atoms with Gasteiger partial charge in [-0.2, -0.15) is 0 Å². The summed E-state index contributed by atoms with van der Waals surface area (Å²) in [4.78, 5) is 12.1. The number of nitrogens with zero attached hydrogens (tertiary/aromatic N) is 3. The van der Waals surface area contributed by atoms with E-state index in [1.54, 1.807) is 14.2 Å². The molecule has 0 radical (unpaired) electrons. The second-order valence-electron chi connectivity index (χ2n) is 6.77. The van der Waals surface area contributed by atoms with E-state index in [4.69, 9.17) is 14.2 Å². The van der Waals surface area contributed by atoms with Gasteiger partial charge in [0.2, 0.25) is 5.91 Å². The van der Waals surface area contributed by atoms with Crippen LogP contribution in [0.1, 0.15) is 19.3 Å². The van der Waals surface area contributed by atoms with E-state index in [0.29, 0.717) is 25.4 Å². The first-order valence-corrected chi connectivity index (χ1v) is 10.8. The van der Waals surface area contributed by atoms with E-state index in [1.807, 2.05) is 24.3 Å². The fourth-order valence-corrected chi connectivity index (χ4v) is 3.91. The Bertz CT molecular complexity index is 775. The molecule has 3 rings (SSSR count). The van der Waals surface area contributed by atoms with Crippen LogP contribution in [0.25, 0.3) is 11.4 Å². The lowest BCUT2D eigenvalue weighted by atomic mass is 10.2. The van der Waals surface area contributed by atoms with Crippen LogP contribution in [0.4, 0.5) is 0 Å². The number of aromatic nitrogens is 3. The number of amides is 1. The molecule has 1 aliphatic heterocycles. The Balaban J connectivity index is 1.70. The summed E-state index contributed by atoms with van der Waals surface area (Å²) in [5.74, 6) is 1.83.